The number of carbonyl (C=O) groups is 1. The predicted octanol–water partition coefficient (Wildman–Crippen LogP) is 5.51. The molecule has 8 rings (SSSR count). The summed E-state index contributed by atoms with van der Waals surface area (Å²) in [6, 6.07) is 20.3. The molecule has 8 heteroatoms. The van der Waals surface area contributed by atoms with Gasteiger partial charge in [-0.05, 0) is 78.4 Å². The fourth-order valence-electron chi connectivity index (χ4n) is 7.67. The van der Waals surface area contributed by atoms with Crippen LogP contribution in [0.5, 0.6) is 0 Å². The van der Waals surface area contributed by atoms with Crippen LogP contribution < -0.4 is 5.32 Å². The highest BCUT2D eigenvalue weighted by molar-refractivity contribution is 9.10. The first-order valence-corrected chi connectivity index (χ1v) is 13.9. The molecule has 4 aliphatic rings. The number of benzene rings is 2. The van der Waals surface area contributed by atoms with E-state index in [1.807, 2.05) is 70.4 Å². The Kier molecular flexibility index (Phi) is 5.36. The van der Waals surface area contributed by atoms with E-state index in [2.05, 4.69) is 43.5 Å². The molecule has 4 aliphatic carbocycles. The van der Waals surface area contributed by atoms with E-state index in [9.17, 15) is 4.79 Å². The van der Waals surface area contributed by atoms with Gasteiger partial charge in [0.05, 0.1) is 22.3 Å². The lowest BCUT2D eigenvalue weighted by Gasteiger charge is -2.60. The fourth-order valence-corrected chi connectivity index (χ4v) is 7.94. The normalized spacial score (nSPS) is 27.9. The van der Waals surface area contributed by atoms with E-state index in [1.54, 1.807) is 0 Å². The number of halogens is 1. The predicted molar refractivity (Wildman–Crippen MR) is 144 cm³/mol. The van der Waals surface area contributed by atoms with E-state index in [4.69, 9.17) is 5.10 Å². The zero-order valence-corrected chi connectivity index (χ0v) is 22.1. The van der Waals surface area contributed by atoms with Crippen LogP contribution in [0.4, 0.5) is 0 Å². The minimum absolute atomic E-state index is 0.103. The van der Waals surface area contributed by atoms with Gasteiger partial charge >= 0.3 is 0 Å². The van der Waals surface area contributed by atoms with E-state index >= 15 is 0 Å². The van der Waals surface area contributed by atoms with Crippen molar-refractivity contribution in [3.63, 3.8) is 0 Å². The minimum Gasteiger partial charge on any atom is -0.351 e. The second-order valence-electron chi connectivity index (χ2n) is 11.3. The molecule has 0 spiro atoms. The second kappa shape index (κ2) is 8.65. The Balaban J connectivity index is 1.17. The van der Waals surface area contributed by atoms with Gasteiger partial charge in [-0.2, -0.15) is 5.10 Å². The van der Waals surface area contributed by atoms with Crippen molar-refractivity contribution in [3.8, 4) is 16.9 Å². The Morgan fingerprint density at radius 3 is 2.35 bits per heavy atom. The molecule has 2 atom stereocenters. The first-order chi connectivity index (χ1) is 18.0. The molecule has 0 radical (unpaired) electrons. The molecular formula is C29H29BrN6O. The lowest BCUT2D eigenvalue weighted by Crippen LogP contribution is -2.61. The second-order valence-corrected chi connectivity index (χ2v) is 12.0. The number of amides is 1. The number of para-hydroxylation sites is 1. The topological polar surface area (TPSA) is 77.6 Å². The largest absolute Gasteiger partial charge is 0.351 e. The molecule has 188 valence electrons. The molecule has 4 aromatic rings. The SMILES string of the molecule is O=C(NCc1cn(-c2ccccc2)nc1-c1ccccc1)C12CC3CC(C1)CC(n1cnc(Br)n1)(C3)C2. The van der Waals surface area contributed by atoms with Crippen LogP contribution in [0.3, 0.4) is 0 Å². The van der Waals surface area contributed by atoms with Crippen LogP contribution in [0, 0.1) is 17.3 Å². The Morgan fingerprint density at radius 2 is 1.68 bits per heavy atom. The van der Waals surface area contributed by atoms with Crippen LogP contribution in [-0.2, 0) is 16.9 Å². The van der Waals surface area contributed by atoms with Gasteiger partial charge in [-0.25, -0.2) is 14.3 Å². The highest BCUT2D eigenvalue weighted by Crippen LogP contribution is 2.64. The molecule has 1 N–H and O–H groups in total. The molecule has 4 fully saturated rings. The molecule has 2 heterocycles. The van der Waals surface area contributed by atoms with Gasteiger partial charge in [0.25, 0.3) is 0 Å². The van der Waals surface area contributed by atoms with Gasteiger partial charge in [0.15, 0.2) is 0 Å². The summed E-state index contributed by atoms with van der Waals surface area (Å²) in [4.78, 5) is 18.3. The van der Waals surface area contributed by atoms with Crippen molar-refractivity contribution in [1.29, 1.82) is 0 Å². The molecular weight excluding hydrogens is 528 g/mol. The lowest BCUT2D eigenvalue weighted by molar-refractivity contribution is -0.156. The van der Waals surface area contributed by atoms with Crippen molar-refractivity contribution >= 4 is 21.8 Å². The fraction of sp³-hybridized carbons (Fsp3) is 0.379. The van der Waals surface area contributed by atoms with Crippen LogP contribution in [0.15, 0.2) is 77.9 Å². The standard InChI is InChI=1S/C29H29BrN6O/c30-27-32-19-36(34-27)29-14-20-11-21(15-29)13-28(12-20,18-29)26(37)31-16-23-17-35(24-9-5-2-6-10-24)33-25(23)22-7-3-1-4-8-22/h1-10,17,19-21H,11-16,18H2,(H,31,37). The molecule has 0 saturated heterocycles. The van der Waals surface area contributed by atoms with E-state index in [0.717, 1.165) is 54.6 Å². The number of nitrogens with one attached hydrogen (secondary N) is 1. The van der Waals surface area contributed by atoms with Crippen LogP contribution >= 0.6 is 15.9 Å². The van der Waals surface area contributed by atoms with Gasteiger partial charge in [-0.15, -0.1) is 5.10 Å². The van der Waals surface area contributed by atoms with Crippen LogP contribution in [0.1, 0.15) is 44.1 Å². The summed E-state index contributed by atoms with van der Waals surface area (Å²) in [6.07, 6.45) is 10.1. The Bertz CT molecular complexity index is 1430. The van der Waals surface area contributed by atoms with Gasteiger partial charge in [-0.3, -0.25) is 4.79 Å². The van der Waals surface area contributed by atoms with Gasteiger partial charge < -0.3 is 5.32 Å². The summed E-state index contributed by atoms with van der Waals surface area (Å²) in [6.45, 7) is 0.453. The zero-order chi connectivity index (χ0) is 25.0. The monoisotopic (exact) mass is 556 g/mol. The Hall–Kier alpha value is -3.26. The smallest absolute Gasteiger partial charge is 0.226 e. The zero-order valence-electron chi connectivity index (χ0n) is 20.6. The van der Waals surface area contributed by atoms with Crippen LogP contribution in [-0.4, -0.2) is 30.5 Å². The number of rotatable bonds is 6. The highest BCUT2D eigenvalue weighted by atomic mass is 79.9. The molecule has 4 saturated carbocycles. The summed E-state index contributed by atoms with van der Waals surface area (Å²) in [5.74, 6) is 1.31. The van der Waals surface area contributed by atoms with E-state index in [-0.39, 0.29) is 16.9 Å². The van der Waals surface area contributed by atoms with E-state index in [0.29, 0.717) is 23.1 Å². The molecule has 1 amide bonds. The molecule has 2 aromatic heterocycles. The average Bonchev–Trinajstić information content (AvgIpc) is 3.55. The maximum absolute atomic E-state index is 14.0. The number of aromatic nitrogens is 5. The van der Waals surface area contributed by atoms with Crippen LogP contribution in [0.25, 0.3) is 16.9 Å². The summed E-state index contributed by atoms with van der Waals surface area (Å²) >= 11 is 3.42. The number of nitrogens with zero attached hydrogens (tertiary/aromatic N) is 5. The number of hydrogen-bond donors (Lipinski definition) is 1. The first-order valence-electron chi connectivity index (χ1n) is 13.1. The van der Waals surface area contributed by atoms with Crippen molar-refractivity contribution in [2.75, 3.05) is 0 Å². The number of carbonyl (C=O) groups excluding carboxylic acids is 1. The van der Waals surface area contributed by atoms with E-state index < -0.39 is 0 Å². The molecule has 37 heavy (non-hydrogen) atoms. The highest BCUT2D eigenvalue weighted by Gasteiger charge is 2.61. The molecule has 4 bridgehead atoms. The van der Waals surface area contributed by atoms with Crippen molar-refractivity contribution in [2.24, 2.45) is 17.3 Å². The molecule has 7 nitrogen and oxygen atoms in total. The van der Waals surface area contributed by atoms with Crippen molar-refractivity contribution in [2.45, 2.75) is 50.6 Å². The third-order valence-electron chi connectivity index (χ3n) is 8.76. The molecule has 2 unspecified atom stereocenters. The summed E-state index contributed by atoms with van der Waals surface area (Å²) in [5, 5.41) is 12.9. The average molecular weight is 557 g/mol. The van der Waals surface area contributed by atoms with Gasteiger partial charge in [0, 0.05) is 23.9 Å². The quantitative estimate of drug-likeness (QED) is 0.340. The Morgan fingerprint density at radius 1 is 0.973 bits per heavy atom. The van der Waals surface area contributed by atoms with Gasteiger partial charge in [0.2, 0.25) is 10.6 Å². The molecule has 0 aliphatic heterocycles. The lowest BCUT2D eigenvalue weighted by atomic mass is 9.46. The van der Waals surface area contributed by atoms with E-state index in [1.165, 1.54) is 6.42 Å². The third-order valence-corrected chi connectivity index (χ3v) is 9.12. The van der Waals surface area contributed by atoms with Crippen molar-refractivity contribution in [3.05, 3.63) is 83.5 Å². The van der Waals surface area contributed by atoms with Gasteiger partial charge in [0.1, 0.15) is 6.33 Å². The maximum atomic E-state index is 14.0. The van der Waals surface area contributed by atoms with Gasteiger partial charge in [-0.1, -0.05) is 48.5 Å². The summed E-state index contributed by atoms with van der Waals surface area (Å²) < 4.78 is 4.57. The third kappa shape index (κ3) is 3.93. The molecule has 2 aromatic carbocycles. The number of hydrogen-bond acceptors (Lipinski definition) is 4. The minimum atomic E-state index is -0.342. The maximum Gasteiger partial charge on any atom is 0.226 e. The van der Waals surface area contributed by atoms with Crippen LogP contribution in [0.2, 0.25) is 0 Å². The van der Waals surface area contributed by atoms with Crippen molar-refractivity contribution in [1.82, 2.24) is 29.9 Å². The summed E-state index contributed by atoms with van der Waals surface area (Å²) in [5.41, 5.74) is 3.52. The summed E-state index contributed by atoms with van der Waals surface area (Å²) in [7, 11) is 0. The first kappa shape index (κ1) is 22.9. The van der Waals surface area contributed by atoms with Crippen molar-refractivity contribution < 1.29 is 4.79 Å². The Labute approximate surface area is 224 Å².